The molecule has 1 aromatic carbocycles. The number of nitrogens with one attached hydrogen (secondary N) is 2. The Morgan fingerprint density at radius 2 is 1.88 bits per heavy atom. The van der Waals surface area contributed by atoms with Crippen LogP contribution in [0.5, 0.6) is 0 Å². The van der Waals surface area contributed by atoms with Gasteiger partial charge in [-0.3, -0.25) is 4.79 Å². The molecule has 1 aliphatic rings. The van der Waals surface area contributed by atoms with Crippen LogP contribution in [-0.4, -0.2) is 36.5 Å². The number of nitrogens with zero attached hydrogens (tertiary/aromatic N) is 1. The summed E-state index contributed by atoms with van der Waals surface area (Å²) in [7, 11) is 1.79. The molecule has 138 valence electrons. The summed E-state index contributed by atoms with van der Waals surface area (Å²) in [5, 5.41) is 5.87. The lowest BCUT2D eigenvalue weighted by Gasteiger charge is -2.33. The summed E-state index contributed by atoms with van der Waals surface area (Å²) in [5.74, 6) is 1.28. The molecule has 25 heavy (non-hydrogen) atoms. The molecule has 2 N–H and O–H groups in total. The maximum absolute atomic E-state index is 12.2. The van der Waals surface area contributed by atoms with Crippen LogP contribution < -0.4 is 10.6 Å². The molecule has 0 aromatic heterocycles. The molecular formula is C20H31N3O2. The van der Waals surface area contributed by atoms with E-state index in [2.05, 4.69) is 24.5 Å². The number of benzene rings is 1. The highest BCUT2D eigenvalue weighted by molar-refractivity contribution is 5.78. The van der Waals surface area contributed by atoms with Gasteiger partial charge >= 0.3 is 6.03 Å². The van der Waals surface area contributed by atoms with E-state index in [1.165, 1.54) is 0 Å². The number of carbonyl (C=O) groups excluding carboxylic acids is 2. The Balaban J connectivity index is 1.65. The van der Waals surface area contributed by atoms with E-state index in [0.717, 1.165) is 30.7 Å². The van der Waals surface area contributed by atoms with E-state index in [4.69, 9.17) is 0 Å². The van der Waals surface area contributed by atoms with Crippen molar-refractivity contribution in [1.82, 2.24) is 15.5 Å². The van der Waals surface area contributed by atoms with E-state index in [1.54, 1.807) is 11.9 Å². The molecule has 1 aromatic rings. The highest BCUT2D eigenvalue weighted by Gasteiger charge is 2.26. The first-order chi connectivity index (χ1) is 12.0. The molecule has 5 nitrogen and oxygen atoms in total. The highest BCUT2D eigenvalue weighted by atomic mass is 16.2. The minimum atomic E-state index is -0.162. The Morgan fingerprint density at radius 3 is 2.56 bits per heavy atom. The zero-order valence-corrected chi connectivity index (χ0v) is 15.6. The van der Waals surface area contributed by atoms with Gasteiger partial charge in [-0.05, 0) is 36.7 Å². The fourth-order valence-corrected chi connectivity index (χ4v) is 3.52. The molecule has 0 radical (unpaired) electrons. The van der Waals surface area contributed by atoms with E-state index < -0.39 is 0 Å². The van der Waals surface area contributed by atoms with Crippen LogP contribution in [-0.2, 0) is 11.3 Å². The Bertz CT molecular complexity index is 561. The SMILES string of the molecule is CC1CCC(NC(=O)NCCC(=O)N(C)Cc2ccccc2)C(C)C1. The average molecular weight is 345 g/mol. The summed E-state index contributed by atoms with van der Waals surface area (Å²) in [4.78, 5) is 25.9. The van der Waals surface area contributed by atoms with Crippen molar-refractivity contribution < 1.29 is 9.59 Å². The van der Waals surface area contributed by atoms with Gasteiger partial charge in [-0.25, -0.2) is 4.79 Å². The van der Waals surface area contributed by atoms with Gasteiger partial charge in [0, 0.05) is 32.6 Å². The summed E-state index contributed by atoms with van der Waals surface area (Å²) >= 11 is 0. The van der Waals surface area contributed by atoms with Crippen molar-refractivity contribution in [3.63, 3.8) is 0 Å². The molecule has 3 atom stereocenters. The number of urea groups is 1. The largest absolute Gasteiger partial charge is 0.341 e. The molecule has 0 bridgehead atoms. The van der Waals surface area contributed by atoms with Gasteiger partial charge in [0.15, 0.2) is 0 Å². The monoisotopic (exact) mass is 345 g/mol. The first-order valence-corrected chi connectivity index (χ1v) is 9.28. The summed E-state index contributed by atoms with van der Waals surface area (Å²) < 4.78 is 0. The first-order valence-electron chi connectivity index (χ1n) is 9.28. The second kappa shape index (κ2) is 9.44. The molecule has 3 unspecified atom stereocenters. The topological polar surface area (TPSA) is 61.4 Å². The maximum atomic E-state index is 12.2. The van der Waals surface area contributed by atoms with E-state index >= 15 is 0 Å². The summed E-state index contributed by atoms with van der Waals surface area (Å²) in [6, 6.07) is 9.97. The van der Waals surface area contributed by atoms with E-state index in [9.17, 15) is 9.59 Å². The summed E-state index contributed by atoms with van der Waals surface area (Å²) in [6.45, 7) is 5.41. The van der Waals surface area contributed by atoms with Crippen LogP contribution in [0.25, 0.3) is 0 Å². The molecule has 0 aliphatic heterocycles. The Labute approximate surface area is 151 Å². The van der Waals surface area contributed by atoms with Crippen LogP contribution in [0.15, 0.2) is 30.3 Å². The van der Waals surface area contributed by atoms with Crippen molar-refractivity contribution in [2.45, 2.75) is 52.1 Å². The Hall–Kier alpha value is -2.04. The van der Waals surface area contributed by atoms with Gasteiger partial charge in [-0.2, -0.15) is 0 Å². The number of amides is 3. The third-order valence-corrected chi connectivity index (χ3v) is 5.06. The smallest absolute Gasteiger partial charge is 0.315 e. The summed E-state index contributed by atoms with van der Waals surface area (Å²) in [5.41, 5.74) is 1.10. The van der Waals surface area contributed by atoms with Crippen LogP contribution in [0.1, 0.15) is 45.1 Å². The summed E-state index contributed by atoms with van der Waals surface area (Å²) in [6.07, 6.45) is 3.67. The molecule has 1 saturated carbocycles. The van der Waals surface area contributed by atoms with E-state index in [0.29, 0.717) is 25.4 Å². The third kappa shape index (κ3) is 6.40. The average Bonchev–Trinajstić information content (AvgIpc) is 2.58. The standard InChI is InChI=1S/C20H31N3O2/c1-15-9-10-18(16(2)13-15)22-20(25)21-12-11-19(24)23(3)14-17-7-5-4-6-8-17/h4-8,15-16,18H,9-14H2,1-3H3,(H2,21,22,25). The minimum Gasteiger partial charge on any atom is -0.341 e. The predicted molar refractivity (Wildman–Crippen MR) is 100 cm³/mol. The molecule has 5 heteroatoms. The van der Waals surface area contributed by atoms with Crippen molar-refractivity contribution in [3.8, 4) is 0 Å². The van der Waals surface area contributed by atoms with Crippen LogP contribution >= 0.6 is 0 Å². The van der Waals surface area contributed by atoms with Crippen molar-refractivity contribution in [2.75, 3.05) is 13.6 Å². The third-order valence-electron chi connectivity index (χ3n) is 5.06. The van der Waals surface area contributed by atoms with Crippen LogP contribution in [0, 0.1) is 11.8 Å². The Kier molecular flexibility index (Phi) is 7.29. The van der Waals surface area contributed by atoms with E-state index in [1.807, 2.05) is 30.3 Å². The van der Waals surface area contributed by atoms with E-state index in [-0.39, 0.29) is 18.0 Å². The van der Waals surface area contributed by atoms with Gasteiger partial charge in [0.1, 0.15) is 0 Å². The number of carbonyl (C=O) groups is 2. The van der Waals surface area contributed by atoms with Crippen molar-refractivity contribution in [3.05, 3.63) is 35.9 Å². The van der Waals surface area contributed by atoms with Gasteiger partial charge in [-0.15, -0.1) is 0 Å². The molecule has 1 aliphatic carbocycles. The normalized spacial score (nSPS) is 22.9. The fourth-order valence-electron chi connectivity index (χ4n) is 3.52. The van der Waals surface area contributed by atoms with Gasteiger partial charge in [-0.1, -0.05) is 44.2 Å². The Morgan fingerprint density at radius 1 is 1.16 bits per heavy atom. The van der Waals surface area contributed by atoms with Crippen LogP contribution in [0.4, 0.5) is 4.79 Å². The van der Waals surface area contributed by atoms with Crippen LogP contribution in [0.3, 0.4) is 0 Å². The van der Waals surface area contributed by atoms with Crippen molar-refractivity contribution in [1.29, 1.82) is 0 Å². The van der Waals surface area contributed by atoms with Gasteiger partial charge in [0.05, 0.1) is 0 Å². The molecule has 2 rings (SSSR count). The zero-order valence-electron chi connectivity index (χ0n) is 15.6. The van der Waals surface area contributed by atoms with Crippen LogP contribution in [0.2, 0.25) is 0 Å². The van der Waals surface area contributed by atoms with Gasteiger partial charge < -0.3 is 15.5 Å². The molecular weight excluding hydrogens is 314 g/mol. The quantitative estimate of drug-likeness (QED) is 0.832. The van der Waals surface area contributed by atoms with Crippen molar-refractivity contribution in [2.24, 2.45) is 11.8 Å². The maximum Gasteiger partial charge on any atom is 0.315 e. The second-order valence-corrected chi connectivity index (χ2v) is 7.39. The number of hydrogen-bond donors (Lipinski definition) is 2. The molecule has 1 fully saturated rings. The number of hydrogen-bond acceptors (Lipinski definition) is 2. The lowest BCUT2D eigenvalue weighted by molar-refractivity contribution is -0.130. The second-order valence-electron chi connectivity index (χ2n) is 7.39. The zero-order chi connectivity index (χ0) is 18.2. The first kappa shape index (κ1) is 19.3. The van der Waals surface area contributed by atoms with Crippen molar-refractivity contribution >= 4 is 11.9 Å². The highest BCUT2D eigenvalue weighted by Crippen LogP contribution is 2.28. The number of rotatable bonds is 6. The van der Waals surface area contributed by atoms with Gasteiger partial charge in [0.25, 0.3) is 0 Å². The molecule has 0 spiro atoms. The lowest BCUT2D eigenvalue weighted by atomic mass is 9.80. The lowest BCUT2D eigenvalue weighted by Crippen LogP contribution is -2.47. The molecule has 3 amide bonds. The predicted octanol–water partition coefficient (Wildman–Crippen LogP) is 3.16. The minimum absolute atomic E-state index is 0.0315. The fraction of sp³-hybridized carbons (Fsp3) is 0.600. The molecule has 0 heterocycles. The van der Waals surface area contributed by atoms with Gasteiger partial charge in [0.2, 0.25) is 5.91 Å². The molecule has 0 saturated heterocycles.